The Balaban J connectivity index is 1.32. The quantitative estimate of drug-likeness (QED) is 0.236. The summed E-state index contributed by atoms with van der Waals surface area (Å²) in [4.78, 5) is 19.8. The van der Waals surface area contributed by atoms with Crippen molar-refractivity contribution >= 4 is 40.0 Å². The first-order valence-electron chi connectivity index (χ1n) is 12.2. The predicted molar refractivity (Wildman–Crippen MR) is 142 cm³/mol. The molecule has 2 N–H and O–H groups in total. The van der Waals surface area contributed by atoms with E-state index in [-0.39, 0.29) is 12.3 Å². The summed E-state index contributed by atoms with van der Waals surface area (Å²) in [6.45, 7) is 2.83. The number of thiophene rings is 1. The molecule has 188 valence electrons. The number of methoxy groups -OCH3 is 1. The van der Waals surface area contributed by atoms with E-state index in [1.54, 1.807) is 24.6 Å². The van der Waals surface area contributed by atoms with Crippen molar-refractivity contribution in [1.29, 1.82) is 0 Å². The van der Waals surface area contributed by atoms with Gasteiger partial charge in [-0.3, -0.25) is 9.78 Å². The van der Waals surface area contributed by atoms with Crippen LogP contribution in [0.25, 0.3) is 10.9 Å². The normalized spacial score (nSPS) is 19.6. The molecule has 3 aromatic rings. The van der Waals surface area contributed by atoms with Crippen LogP contribution in [0.5, 0.6) is 5.75 Å². The molecule has 3 heterocycles. The molecule has 0 saturated carbocycles. The number of piperidine rings is 1. The zero-order chi connectivity index (χ0) is 24.6. The number of benzene rings is 1. The van der Waals surface area contributed by atoms with Crippen LogP contribution in [0, 0.1) is 11.8 Å². The molecule has 4 rings (SSSR count). The summed E-state index contributed by atoms with van der Waals surface area (Å²) in [5.74, 6) is 1.51. The van der Waals surface area contributed by atoms with E-state index < -0.39 is 12.1 Å². The van der Waals surface area contributed by atoms with Gasteiger partial charge in [0, 0.05) is 34.8 Å². The van der Waals surface area contributed by atoms with Gasteiger partial charge in [-0.25, -0.2) is 0 Å². The number of nitrogens with zero attached hydrogens (tertiary/aromatic N) is 2. The first-order chi connectivity index (χ1) is 17.0. The highest BCUT2D eigenvalue weighted by molar-refractivity contribution is 7.99. The maximum absolute atomic E-state index is 11.6. The fraction of sp³-hybridized carbons (Fsp3) is 0.481. The number of carbonyl (C=O) groups is 1. The lowest BCUT2D eigenvalue weighted by Crippen LogP contribution is -2.42. The van der Waals surface area contributed by atoms with E-state index in [1.165, 1.54) is 4.90 Å². The maximum atomic E-state index is 11.6. The molecule has 35 heavy (non-hydrogen) atoms. The lowest BCUT2D eigenvalue weighted by atomic mass is 9.79. The van der Waals surface area contributed by atoms with Crippen molar-refractivity contribution in [3.05, 3.63) is 52.9 Å². The van der Waals surface area contributed by atoms with Gasteiger partial charge >= 0.3 is 5.97 Å². The number of hydrogen-bond acceptors (Lipinski definition) is 7. The van der Waals surface area contributed by atoms with Crippen LogP contribution in [0.1, 0.15) is 43.8 Å². The minimum Gasteiger partial charge on any atom is -0.497 e. The lowest BCUT2D eigenvalue weighted by Gasteiger charge is -2.38. The van der Waals surface area contributed by atoms with E-state index >= 15 is 0 Å². The molecule has 0 unspecified atom stereocenters. The fourth-order valence-corrected chi connectivity index (χ4v) is 6.81. The van der Waals surface area contributed by atoms with Crippen LogP contribution in [0.4, 0.5) is 0 Å². The molecule has 1 aromatic carbocycles. The summed E-state index contributed by atoms with van der Waals surface area (Å²) in [7, 11) is 1.63. The second kappa shape index (κ2) is 12.7. The molecule has 1 fully saturated rings. The van der Waals surface area contributed by atoms with E-state index in [9.17, 15) is 15.0 Å². The minimum absolute atomic E-state index is 0.118. The number of aliphatic hydroxyl groups is 1. The molecule has 8 heteroatoms. The number of pyridine rings is 1. The SMILES string of the molecule is COc1ccc2nccc([C@H](O)CC[C@@H]3CCN(CCCSc4ccsc4)C[C@@H]3CC(=O)O)c2c1. The molecule has 1 saturated heterocycles. The van der Waals surface area contributed by atoms with Crippen molar-refractivity contribution in [2.24, 2.45) is 11.8 Å². The van der Waals surface area contributed by atoms with Gasteiger partial charge in [0.25, 0.3) is 0 Å². The Hall–Kier alpha value is -2.13. The van der Waals surface area contributed by atoms with Crippen LogP contribution in [-0.4, -0.2) is 58.6 Å². The van der Waals surface area contributed by atoms with Gasteiger partial charge in [-0.1, -0.05) is 0 Å². The van der Waals surface area contributed by atoms with Gasteiger partial charge in [0.1, 0.15) is 5.75 Å². The van der Waals surface area contributed by atoms with E-state index in [0.29, 0.717) is 12.3 Å². The number of ether oxygens (including phenoxy) is 1. The summed E-state index contributed by atoms with van der Waals surface area (Å²) in [5.41, 5.74) is 1.68. The van der Waals surface area contributed by atoms with Crippen molar-refractivity contribution in [3.8, 4) is 5.75 Å². The van der Waals surface area contributed by atoms with Gasteiger partial charge in [-0.05, 0) is 97.6 Å². The molecule has 2 aromatic heterocycles. The molecule has 0 amide bonds. The average molecular weight is 515 g/mol. The van der Waals surface area contributed by atoms with Crippen molar-refractivity contribution in [2.75, 3.05) is 32.5 Å². The maximum Gasteiger partial charge on any atom is 0.303 e. The second-order valence-corrected chi connectivity index (χ2v) is 11.2. The van der Waals surface area contributed by atoms with Crippen LogP contribution in [-0.2, 0) is 4.79 Å². The Morgan fingerprint density at radius 3 is 2.97 bits per heavy atom. The summed E-state index contributed by atoms with van der Waals surface area (Å²) in [5, 5.41) is 25.8. The molecule has 0 spiro atoms. The van der Waals surface area contributed by atoms with Gasteiger partial charge in [0.15, 0.2) is 0 Å². The van der Waals surface area contributed by atoms with Gasteiger partial charge in [0.2, 0.25) is 0 Å². The molecule has 1 aliphatic rings. The number of likely N-dealkylation sites (tertiary alicyclic amines) is 1. The molecule has 1 aliphatic heterocycles. The van der Waals surface area contributed by atoms with Crippen molar-refractivity contribution < 1.29 is 19.7 Å². The average Bonchev–Trinajstić information content (AvgIpc) is 3.38. The van der Waals surface area contributed by atoms with E-state index in [4.69, 9.17) is 4.74 Å². The topological polar surface area (TPSA) is 82.9 Å². The number of hydrogen-bond donors (Lipinski definition) is 2. The summed E-state index contributed by atoms with van der Waals surface area (Å²) >= 11 is 3.61. The van der Waals surface area contributed by atoms with Gasteiger partial charge in [-0.2, -0.15) is 11.3 Å². The largest absolute Gasteiger partial charge is 0.497 e. The van der Waals surface area contributed by atoms with Crippen LogP contribution in [0.15, 0.2) is 52.2 Å². The minimum atomic E-state index is -0.734. The molecule has 3 atom stereocenters. The number of thioether (sulfide) groups is 1. The smallest absolute Gasteiger partial charge is 0.303 e. The Morgan fingerprint density at radius 2 is 2.20 bits per heavy atom. The Kier molecular flexibility index (Phi) is 9.43. The van der Waals surface area contributed by atoms with Gasteiger partial charge in [-0.15, -0.1) is 11.8 Å². The fourth-order valence-electron chi connectivity index (χ4n) is 5.10. The third-order valence-electron chi connectivity index (χ3n) is 6.95. The van der Waals surface area contributed by atoms with Gasteiger partial charge in [0.05, 0.1) is 18.7 Å². The highest BCUT2D eigenvalue weighted by Gasteiger charge is 2.31. The van der Waals surface area contributed by atoms with E-state index in [2.05, 4.69) is 26.7 Å². The number of fused-ring (bicyclic) bond motifs is 1. The Labute approximate surface area is 215 Å². The van der Waals surface area contributed by atoms with Gasteiger partial charge < -0.3 is 19.8 Å². The molecule has 6 nitrogen and oxygen atoms in total. The monoisotopic (exact) mass is 514 g/mol. The Bertz CT molecular complexity index is 1090. The number of aliphatic carboxylic acids is 1. The van der Waals surface area contributed by atoms with Crippen molar-refractivity contribution in [1.82, 2.24) is 9.88 Å². The molecule has 0 bridgehead atoms. The molecular weight excluding hydrogens is 480 g/mol. The standard InChI is InChI=1S/C27H34N2O4S2/c1-33-21-4-5-25-24(16-21)23(7-10-28-25)26(30)6-3-19-8-12-29(17-20(19)15-27(31)32)11-2-13-35-22-9-14-34-18-22/h4-5,7,9-10,14,16,18-20,26,30H,2-3,6,8,11-13,15,17H2,1H3,(H,31,32)/t19-,20+,26-/m1/s1. The summed E-state index contributed by atoms with van der Waals surface area (Å²) < 4.78 is 5.36. The molecular formula is C27H34N2O4S2. The van der Waals surface area contributed by atoms with Crippen molar-refractivity contribution in [3.63, 3.8) is 0 Å². The Morgan fingerprint density at radius 1 is 1.31 bits per heavy atom. The van der Waals surface area contributed by atoms with E-state index in [1.807, 2.05) is 36.0 Å². The third kappa shape index (κ3) is 7.19. The highest BCUT2D eigenvalue weighted by atomic mass is 32.2. The predicted octanol–water partition coefficient (Wildman–Crippen LogP) is 5.71. The zero-order valence-corrected chi connectivity index (χ0v) is 21.8. The number of aliphatic hydroxyl groups excluding tert-OH is 1. The summed E-state index contributed by atoms with van der Waals surface area (Å²) in [6, 6.07) is 9.73. The highest BCUT2D eigenvalue weighted by Crippen LogP contribution is 2.35. The first kappa shape index (κ1) is 25.9. The van der Waals surface area contributed by atoms with Crippen LogP contribution >= 0.6 is 23.1 Å². The third-order valence-corrected chi connectivity index (χ3v) is 8.86. The number of aromatic nitrogens is 1. The number of carboxylic acid groups (broad SMARTS) is 1. The van der Waals surface area contributed by atoms with Crippen LogP contribution in [0.2, 0.25) is 0 Å². The van der Waals surface area contributed by atoms with Crippen LogP contribution in [0.3, 0.4) is 0 Å². The van der Waals surface area contributed by atoms with Crippen LogP contribution < -0.4 is 4.74 Å². The zero-order valence-electron chi connectivity index (χ0n) is 20.1. The summed E-state index contributed by atoms with van der Waals surface area (Å²) in [6.07, 6.45) is 4.80. The first-order valence-corrected chi connectivity index (χ1v) is 14.2. The lowest BCUT2D eigenvalue weighted by molar-refractivity contribution is -0.139. The van der Waals surface area contributed by atoms with Crippen molar-refractivity contribution in [2.45, 2.75) is 43.1 Å². The molecule has 0 radical (unpaired) electrons. The van der Waals surface area contributed by atoms with E-state index in [0.717, 1.165) is 66.9 Å². The number of rotatable bonds is 12. The molecule has 0 aliphatic carbocycles. The second-order valence-electron chi connectivity index (χ2n) is 9.24. The number of carboxylic acids is 1.